The topological polar surface area (TPSA) is 76.8 Å². The van der Waals surface area contributed by atoms with E-state index in [1.807, 2.05) is 35.7 Å². The first kappa shape index (κ1) is 21.8. The van der Waals surface area contributed by atoms with E-state index in [-0.39, 0.29) is 5.91 Å². The summed E-state index contributed by atoms with van der Waals surface area (Å²) >= 11 is 3.13. The fraction of sp³-hybridized carbons (Fsp3) is 0.292. The molecule has 1 aliphatic carbocycles. The molecule has 7 nitrogen and oxygen atoms in total. The molecule has 1 fully saturated rings. The number of thiazole rings is 1. The van der Waals surface area contributed by atoms with Gasteiger partial charge in [-0.25, -0.2) is 4.98 Å². The zero-order valence-electron chi connectivity index (χ0n) is 18.5. The van der Waals surface area contributed by atoms with Crippen LogP contribution in [0.15, 0.2) is 59.3 Å². The van der Waals surface area contributed by atoms with Gasteiger partial charge >= 0.3 is 0 Å². The molecule has 0 aliphatic heterocycles. The van der Waals surface area contributed by atoms with Crippen LogP contribution in [0.4, 0.5) is 10.8 Å². The predicted octanol–water partition coefficient (Wildman–Crippen LogP) is 5.67. The Morgan fingerprint density at radius 2 is 1.97 bits per heavy atom. The standard InChI is InChI=1S/C24H24N6OS2/c1-3-17-6-4-5-7-21(17)29(16(2)31)23-26-19(14-32-23)15-33-24-28-27-22(30(24)20-8-9-20)18-10-12-25-13-11-18/h4-7,10-14,20H,3,8-9,15H2,1-2H3. The number of hydrogen-bond acceptors (Lipinski definition) is 7. The Balaban J connectivity index is 1.37. The van der Waals surface area contributed by atoms with Crippen LogP contribution < -0.4 is 4.90 Å². The Hall–Kier alpha value is -3.04. The Kier molecular flexibility index (Phi) is 6.24. The molecule has 1 saturated carbocycles. The highest BCUT2D eigenvalue weighted by molar-refractivity contribution is 7.98. The van der Waals surface area contributed by atoms with Gasteiger partial charge in [-0.3, -0.25) is 19.2 Å². The van der Waals surface area contributed by atoms with Crippen LogP contribution in [0.1, 0.15) is 44.0 Å². The highest BCUT2D eigenvalue weighted by Crippen LogP contribution is 2.41. The monoisotopic (exact) mass is 476 g/mol. The molecule has 9 heteroatoms. The van der Waals surface area contributed by atoms with Crippen LogP contribution in [0.25, 0.3) is 11.4 Å². The maximum absolute atomic E-state index is 12.5. The Morgan fingerprint density at radius 1 is 1.18 bits per heavy atom. The lowest BCUT2D eigenvalue weighted by atomic mass is 10.1. The third-order valence-corrected chi connectivity index (χ3v) is 7.37. The summed E-state index contributed by atoms with van der Waals surface area (Å²) in [5.41, 5.74) is 3.98. The molecule has 1 aromatic carbocycles. The molecule has 5 rings (SSSR count). The average molecular weight is 477 g/mol. The summed E-state index contributed by atoms with van der Waals surface area (Å²) in [6.45, 7) is 3.68. The van der Waals surface area contributed by atoms with Gasteiger partial charge in [0.15, 0.2) is 16.1 Å². The number of para-hydroxylation sites is 1. The van der Waals surface area contributed by atoms with E-state index in [0.29, 0.717) is 16.9 Å². The number of carbonyl (C=O) groups excluding carboxylic acids is 1. The van der Waals surface area contributed by atoms with Crippen LogP contribution in [0.5, 0.6) is 0 Å². The molecule has 33 heavy (non-hydrogen) atoms. The summed E-state index contributed by atoms with van der Waals surface area (Å²) in [6.07, 6.45) is 6.71. The van der Waals surface area contributed by atoms with Crippen molar-refractivity contribution in [2.75, 3.05) is 4.90 Å². The number of aryl methyl sites for hydroxylation is 1. The number of hydrogen-bond donors (Lipinski definition) is 0. The molecule has 0 atom stereocenters. The molecule has 168 valence electrons. The van der Waals surface area contributed by atoms with Crippen molar-refractivity contribution in [2.45, 2.75) is 50.1 Å². The molecule has 0 saturated heterocycles. The molecule has 4 aromatic rings. The lowest BCUT2D eigenvalue weighted by molar-refractivity contribution is -0.115. The minimum atomic E-state index is -0.0417. The lowest BCUT2D eigenvalue weighted by Gasteiger charge is -2.20. The summed E-state index contributed by atoms with van der Waals surface area (Å²) < 4.78 is 2.24. The molecule has 0 spiro atoms. The second-order valence-electron chi connectivity index (χ2n) is 7.89. The van der Waals surface area contributed by atoms with Gasteiger partial charge in [-0.05, 0) is 43.0 Å². The van der Waals surface area contributed by atoms with Gasteiger partial charge in [0.05, 0.1) is 11.4 Å². The van der Waals surface area contributed by atoms with Crippen LogP contribution in [-0.4, -0.2) is 30.6 Å². The van der Waals surface area contributed by atoms with Crippen molar-refractivity contribution in [3.8, 4) is 11.4 Å². The first-order valence-electron chi connectivity index (χ1n) is 11.0. The fourth-order valence-corrected chi connectivity index (χ4v) is 5.66. The third kappa shape index (κ3) is 4.56. The number of anilines is 2. The molecular formula is C24H24N6OS2. The highest BCUT2D eigenvalue weighted by atomic mass is 32.2. The number of amides is 1. The minimum Gasteiger partial charge on any atom is -0.299 e. The van der Waals surface area contributed by atoms with E-state index < -0.39 is 0 Å². The Bertz CT molecular complexity index is 1260. The van der Waals surface area contributed by atoms with Crippen LogP contribution in [-0.2, 0) is 17.0 Å². The number of nitrogens with zero attached hydrogens (tertiary/aromatic N) is 6. The van der Waals surface area contributed by atoms with Gasteiger partial charge in [-0.1, -0.05) is 36.9 Å². The summed E-state index contributed by atoms with van der Waals surface area (Å²) in [4.78, 5) is 23.1. The van der Waals surface area contributed by atoms with E-state index in [1.54, 1.807) is 36.0 Å². The van der Waals surface area contributed by atoms with Crippen LogP contribution in [0.3, 0.4) is 0 Å². The Labute approximate surface area is 200 Å². The van der Waals surface area contributed by atoms with E-state index in [9.17, 15) is 4.79 Å². The van der Waals surface area contributed by atoms with Crippen molar-refractivity contribution >= 4 is 39.8 Å². The molecular weight excluding hydrogens is 452 g/mol. The number of thioether (sulfide) groups is 1. The second-order valence-corrected chi connectivity index (χ2v) is 9.67. The SMILES string of the molecule is CCc1ccccc1N(C(C)=O)c1nc(CSc2nnc(-c3ccncc3)n2C2CC2)cs1. The number of carbonyl (C=O) groups is 1. The van der Waals surface area contributed by atoms with E-state index in [4.69, 9.17) is 4.98 Å². The average Bonchev–Trinajstić information content (AvgIpc) is 3.42. The zero-order valence-corrected chi connectivity index (χ0v) is 20.1. The maximum atomic E-state index is 12.5. The smallest absolute Gasteiger partial charge is 0.230 e. The van der Waals surface area contributed by atoms with E-state index in [2.05, 4.69) is 32.7 Å². The van der Waals surface area contributed by atoms with Crippen LogP contribution in [0.2, 0.25) is 0 Å². The third-order valence-electron chi connectivity index (χ3n) is 5.52. The fourth-order valence-electron chi connectivity index (χ4n) is 3.77. The highest BCUT2D eigenvalue weighted by Gasteiger charge is 2.30. The van der Waals surface area contributed by atoms with Gasteiger partial charge in [0, 0.05) is 42.1 Å². The largest absolute Gasteiger partial charge is 0.299 e. The molecule has 1 amide bonds. The lowest BCUT2D eigenvalue weighted by Crippen LogP contribution is -2.23. The quantitative estimate of drug-likeness (QED) is 0.305. The first-order chi connectivity index (χ1) is 16.2. The van der Waals surface area contributed by atoms with E-state index in [0.717, 1.165) is 52.8 Å². The number of aromatic nitrogens is 5. The van der Waals surface area contributed by atoms with Crippen molar-refractivity contribution in [3.05, 3.63) is 65.4 Å². The maximum Gasteiger partial charge on any atom is 0.230 e. The van der Waals surface area contributed by atoms with Crippen molar-refractivity contribution in [1.29, 1.82) is 0 Å². The predicted molar refractivity (Wildman–Crippen MR) is 132 cm³/mol. The molecule has 3 aromatic heterocycles. The van der Waals surface area contributed by atoms with Gasteiger partial charge in [-0.2, -0.15) is 0 Å². The number of rotatable bonds is 8. The van der Waals surface area contributed by atoms with Gasteiger partial charge in [-0.15, -0.1) is 21.5 Å². The van der Waals surface area contributed by atoms with Gasteiger partial charge in [0.25, 0.3) is 0 Å². The van der Waals surface area contributed by atoms with Crippen molar-refractivity contribution < 1.29 is 4.79 Å². The molecule has 0 N–H and O–H groups in total. The molecule has 3 heterocycles. The summed E-state index contributed by atoms with van der Waals surface area (Å²) in [5.74, 6) is 1.51. The van der Waals surface area contributed by atoms with E-state index in [1.165, 1.54) is 11.3 Å². The molecule has 0 bridgehead atoms. The summed E-state index contributed by atoms with van der Waals surface area (Å²) in [5, 5.41) is 12.6. The molecule has 0 unspecified atom stereocenters. The second kappa shape index (κ2) is 9.44. The number of pyridine rings is 1. The van der Waals surface area contributed by atoms with Gasteiger partial charge in [0.2, 0.25) is 5.91 Å². The number of benzene rings is 1. The molecule has 1 aliphatic rings. The normalized spacial score (nSPS) is 13.3. The van der Waals surface area contributed by atoms with Crippen molar-refractivity contribution in [3.63, 3.8) is 0 Å². The van der Waals surface area contributed by atoms with Crippen LogP contribution >= 0.6 is 23.1 Å². The van der Waals surface area contributed by atoms with E-state index >= 15 is 0 Å². The zero-order chi connectivity index (χ0) is 22.8. The summed E-state index contributed by atoms with van der Waals surface area (Å²) in [7, 11) is 0. The van der Waals surface area contributed by atoms with Gasteiger partial charge in [0.1, 0.15) is 0 Å². The van der Waals surface area contributed by atoms with Crippen LogP contribution in [0, 0.1) is 0 Å². The minimum absolute atomic E-state index is 0.0417. The first-order valence-corrected chi connectivity index (χ1v) is 12.8. The molecule has 0 radical (unpaired) electrons. The summed E-state index contributed by atoms with van der Waals surface area (Å²) in [6, 6.07) is 12.4. The Morgan fingerprint density at radius 3 is 2.70 bits per heavy atom. The van der Waals surface area contributed by atoms with Gasteiger partial charge < -0.3 is 0 Å². The van der Waals surface area contributed by atoms with Crippen molar-refractivity contribution in [2.24, 2.45) is 0 Å². The van der Waals surface area contributed by atoms with Crippen molar-refractivity contribution in [1.82, 2.24) is 24.7 Å².